The summed E-state index contributed by atoms with van der Waals surface area (Å²) >= 11 is 5.94. The molecule has 0 fully saturated rings. The summed E-state index contributed by atoms with van der Waals surface area (Å²) in [5, 5.41) is 12.9. The summed E-state index contributed by atoms with van der Waals surface area (Å²) in [5.41, 5.74) is 2.57. The van der Waals surface area contributed by atoms with Crippen LogP contribution in [0, 0.1) is 11.3 Å². The van der Waals surface area contributed by atoms with Gasteiger partial charge in [0, 0.05) is 22.7 Å². The van der Waals surface area contributed by atoms with E-state index < -0.39 is 0 Å². The number of ether oxygens (including phenoxy) is 1. The Morgan fingerprint density at radius 1 is 1.32 bits per heavy atom. The van der Waals surface area contributed by atoms with Gasteiger partial charge in [-0.15, -0.1) is 0 Å². The molecule has 4 nitrogen and oxygen atoms in total. The van der Waals surface area contributed by atoms with Crippen molar-refractivity contribution in [3.8, 4) is 11.8 Å². The second-order valence-electron chi connectivity index (χ2n) is 4.74. The molecule has 5 heteroatoms. The molecule has 0 bridgehead atoms. The predicted molar refractivity (Wildman–Crippen MR) is 86.5 cm³/mol. The molecule has 0 amide bonds. The average molecular weight is 315 g/mol. The molecule has 0 saturated heterocycles. The minimum atomic E-state index is -0.0448. The average Bonchev–Trinajstić information content (AvgIpc) is 2.53. The van der Waals surface area contributed by atoms with Gasteiger partial charge in [-0.2, -0.15) is 5.26 Å². The van der Waals surface area contributed by atoms with Crippen LogP contribution >= 0.6 is 11.6 Å². The third-order valence-corrected chi connectivity index (χ3v) is 3.50. The zero-order valence-corrected chi connectivity index (χ0v) is 13.1. The standard InChI is InChI=1S/C17H15ClN2O2/c1-11(21)12-3-4-13(9-19)16(7-12)20-10-14-5-6-15(18)8-17(14)22-2/h3-8,20H,10H2,1-2H3. The highest BCUT2D eigenvalue weighted by molar-refractivity contribution is 6.30. The molecule has 2 aromatic rings. The van der Waals surface area contributed by atoms with Gasteiger partial charge in [-0.05, 0) is 37.3 Å². The van der Waals surface area contributed by atoms with Gasteiger partial charge in [0.2, 0.25) is 0 Å². The molecule has 0 spiro atoms. The van der Waals surface area contributed by atoms with Gasteiger partial charge in [-0.3, -0.25) is 4.79 Å². The first kappa shape index (κ1) is 15.9. The van der Waals surface area contributed by atoms with Crippen LogP contribution in [0.4, 0.5) is 5.69 Å². The van der Waals surface area contributed by atoms with Gasteiger partial charge in [0.25, 0.3) is 0 Å². The molecule has 0 saturated carbocycles. The van der Waals surface area contributed by atoms with Gasteiger partial charge in [-0.25, -0.2) is 0 Å². The Balaban J connectivity index is 2.26. The number of ketones is 1. The molecule has 0 unspecified atom stereocenters. The van der Waals surface area contributed by atoms with Gasteiger partial charge < -0.3 is 10.1 Å². The van der Waals surface area contributed by atoms with Crippen LogP contribution in [-0.2, 0) is 6.54 Å². The first-order valence-corrected chi connectivity index (χ1v) is 7.04. The molecular weight excluding hydrogens is 300 g/mol. The monoisotopic (exact) mass is 314 g/mol. The first-order valence-electron chi connectivity index (χ1n) is 6.66. The van der Waals surface area contributed by atoms with Gasteiger partial charge in [0.05, 0.1) is 18.4 Å². The zero-order valence-electron chi connectivity index (χ0n) is 12.3. The normalized spacial score (nSPS) is 9.91. The van der Waals surface area contributed by atoms with E-state index in [2.05, 4.69) is 11.4 Å². The summed E-state index contributed by atoms with van der Waals surface area (Å²) < 4.78 is 5.29. The maximum atomic E-state index is 11.5. The molecule has 0 radical (unpaired) electrons. The van der Waals surface area contributed by atoms with Crippen molar-refractivity contribution in [1.29, 1.82) is 5.26 Å². The van der Waals surface area contributed by atoms with Crippen molar-refractivity contribution in [2.75, 3.05) is 12.4 Å². The van der Waals surface area contributed by atoms with Crippen molar-refractivity contribution in [1.82, 2.24) is 0 Å². The molecule has 22 heavy (non-hydrogen) atoms. The fraction of sp³-hybridized carbons (Fsp3) is 0.176. The van der Waals surface area contributed by atoms with E-state index in [1.54, 1.807) is 37.4 Å². The fourth-order valence-corrected chi connectivity index (χ4v) is 2.22. The lowest BCUT2D eigenvalue weighted by Crippen LogP contribution is -2.04. The van der Waals surface area contributed by atoms with Gasteiger partial charge >= 0.3 is 0 Å². The van der Waals surface area contributed by atoms with Crippen molar-refractivity contribution in [3.05, 3.63) is 58.1 Å². The highest BCUT2D eigenvalue weighted by Gasteiger charge is 2.08. The Kier molecular flexibility index (Phi) is 5.03. The second-order valence-corrected chi connectivity index (χ2v) is 5.17. The van der Waals surface area contributed by atoms with Crippen molar-refractivity contribution in [2.24, 2.45) is 0 Å². The minimum absolute atomic E-state index is 0.0448. The summed E-state index contributed by atoms with van der Waals surface area (Å²) in [6, 6.07) is 12.4. The van der Waals surface area contributed by atoms with Gasteiger partial charge in [0.1, 0.15) is 11.8 Å². The Morgan fingerprint density at radius 2 is 2.09 bits per heavy atom. The summed E-state index contributed by atoms with van der Waals surface area (Å²) in [5.74, 6) is 0.623. The van der Waals surface area contributed by atoms with Crippen LogP contribution in [0.3, 0.4) is 0 Å². The van der Waals surface area contributed by atoms with Gasteiger partial charge in [0.15, 0.2) is 5.78 Å². The molecule has 0 aliphatic heterocycles. The van der Waals surface area contributed by atoms with Crippen molar-refractivity contribution in [2.45, 2.75) is 13.5 Å². The number of nitrogens with zero attached hydrogens (tertiary/aromatic N) is 1. The quantitative estimate of drug-likeness (QED) is 0.846. The molecule has 0 aliphatic rings. The predicted octanol–water partition coefficient (Wildman–Crippen LogP) is 4.03. The highest BCUT2D eigenvalue weighted by Crippen LogP contribution is 2.25. The van der Waals surface area contributed by atoms with E-state index in [0.29, 0.717) is 34.1 Å². The lowest BCUT2D eigenvalue weighted by atomic mass is 10.1. The summed E-state index contributed by atoms with van der Waals surface area (Å²) in [6.07, 6.45) is 0. The smallest absolute Gasteiger partial charge is 0.159 e. The Hall–Kier alpha value is -2.51. The number of methoxy groups -OCH3 is 1. The van der Waals surface area contributed by atoms with Gasteiger partial charge in [-0.1, -0.05) is 17.7 Å². The van der Waals surface area contributed by atoms with Crippen LogP contribution < -0.4 is 10.1 Å². The van der Waals surface area contributed by atoms with Crippen LogP contribution in [0.1, 0.15) is 28.4 Å². The number of Topliss-reactive ketones (excluding diaryl/α,β-unsaturated/α-hetero) is 1. The number of rotatable bonds is 5. The summed E-state index contributed by atoms with van der Waals surface area (Å²) in [4.78, 5) is 11.5. The van der Waals surface area contributed by atoms with E-state index in [0.717, 1.165) is 5.56 Å². The summed E-state index contributed by atoms with van der Waals surface area (Å²) in [6.45, 7) is 1.95. The number of anilines is 1. The maximum absolute atomic E-state index is 11.5. The second kappa shape index (κ2) is 6.97. The lowest BCUT2D eigenvalue weighted by Gasteiger charge is -2.12. The van der Waals surface area contributed by atoms with Crippen LogP contribution in [0.5, 0.6) is 5.75 Å². The SMILES string of the molecule is COc1cc(Cl)ccc1CNc1cc(C(C)=O)ccc1C#N. The lowest BCUT2D eigenvalue weighted by molar-refractivity contribution is 0.101. The van der Waals surface area contributed by atoms with Crippen LogP contribution in [0.15, 0.2) is 36.4 Å². The Bertz CT molecular complexity index is 751. The van der Waals surface area contributed by atoms with E-state index in [4.69, 9.17) is 21.6 Å². The molecule has 0 heterocycles. The molecule has 0 aliphatic carbocycles. The van der Waals surface area contributed by atoms with Crippen molar-refractivity contribution < 1.29 is 9.53 Å². The molecule has 0 atom stereocenters. The van der Waals surface area contributed by atoms with Crippen molar-refractivity contribution >= 4 is 23.1 Å². The van der Waals surface area contributed by atoms with E-state index >= 15 is 0 Å². The first-order chi connectivity index (χ1) is 10.5. The van der Waals surface area contributed by atoms with Crippen LogP contribution in [0.25, 0.3) is 0 Å². The number of carbonyl (C=O) groups excluding carboxylic acids is 1. The molecule has 1 N–H and O–H groups in total. The van der Waals surface area contributed by atoms with E-state index in [1.165, 1.54) is 6.92 Å². The molecule has 0 aromatic heterocycles. The van der Waals surface area contributed by atoms with E-state index in [1.807, 2.05) is 6.07 Å². The fourth-order valence-electron chi connectivity index (χ4n) is 2.06. The highest BCUT2D eigenvalue weighted by atomic mass is 35.5. The number of hydrogen-bond donors (Lipinski definition) is 1. The van der Waals surface area contributed by atoms with E-state index in [-0.39, 0.29) is 5.78 Å². The zero-order chi connectivity index (χ0) is 16.1. The third-order valence-electron chi connectivity index (χ3n) is 3.26. The number of carbonyl (C=O) groups is 1. The number of nitrogens with one attached hydrogen (secondary N) is 1. The van der Waals surface area contributed by atoms with Crippen molar-refractivity contribution in [3.63, 3.8) is 0 Å². The Morgan fingerprint density at radius 3 is 2.73 bits per heavy atom. The topological polar surface area (TPSA) is 62.1 Å². The largest absolute Gasteiger partial charge is 0.496 e. The third kappa shape index (κ3) is 3.57. The molecule has 2 aromatic carbocycles. The number of benzene rings is 2. The number of halogens is 1. The molecule has 2 rings (SSSR count). The molecular formula is C17H15ClN2O2. The van der Waals surface area contributed by atoms with Crippen LogP contribution in [0.2, 0.25) is 5.02 Å². The maximum Gasteiger partial charge on any atom is 0.159 e. The molecule has 112 valence electrons. The minimum Gasteiger partial charge on any atom is -0.496 e. The van der Waals surface area contributed by atoms with E-state index in [9.17, 15) is 4.79 Å². The Labute approximate surface area is 134 Å². The number of nitriles is 1. The summed E-state index contributed by atoms with van der Waals surface area (Å²) in [7, 11) is 1.58. The number of hydrogen-bond acceptors (Lipinski definition) is 4. The van der Waals surface area contributed by atoms with Crippen LogP contribution in [-0.4, -0.2) is 12.9 Å².